The number of carbonyl (C=O) groups is 2. The number of carbonyl (C=O) groups excluding carboxylic acids is 2. The summed E-state index contributed by atoms with van der Waals surface area (Å²) in [7, 11) is 3.74. The van der Waals surface area contributed by atoms with Gasteiger partial charge in [-0.1, -0.05) is 6.92 Å². The van der Waals surface area contributed by atoms with Gasteiger partial charge in [-0.25, -0.2) is 4.79 Å². The van der Waals surface area contributed by atoms with E-state index in [4.69, 9.17) is 4.74 Å². The van der Waals surface area contributed by atoms with E-state index in [2.05, 4.69) is 0 Å². The van der Waals surface area contributed by atoms with Crippen molar-refractivity contribution in [3.05, 3.63) is 0 Å². The molecule has 0 bridgehead atoms. The van der Waals surface area contributed by atoms with E-state index in [1.165, 1.54) is 0 Å². The van der Waals surface area contributed by atoms with Gasteiger partial charge in [0.2, 0.25) is 5.91 Å². The molecule has 0 aromatic carbocycles. The first-order chi connectivity index (χ1) is 8.54. The molecule has 18 heavy (non-hydrogen) atoms. The third-order valence-corrected chi connectivity index (χ3v) is 2.77. The van der Waals surface area contributed by atoms with Crippen LogP contribution in [0.1, 0.15) is 13.3 Å². The van der Waals surface area contributed by atoms with Crippen LogP contribution in [0.15, 0.2) is 0 Å². The number of nitrogens with zero attached hydrogens (tertiary/aromatic N) is 3. The first-order valence-corrected chi connectivity index (χ1v) is 6.38. The van der Waals surface area contributed by atoms with Crippen LogP contribution < -0.4 is 0 Å². The van der Waals surface area contributed by atoms with Gasteiger partial charge >= 0.3 is 6.09 Å². The zero-order chi connectivity index (χ0) is 13.5. The van der Waals surface area contributed by atoms with E-state index < -0.39 is 0 Å². The minimum Gasteiger partial charge on any atom is -0.449 e. The first kappa shape index (κ1) is 14.8. The number of rotatable bonds is 4. The molecule has 1 saturated heterocycles. The van der Waals surface area contributed by atoms with Gasteiger partial charge in [-0.15, -0.1) is 0 Å². The van der Waals surface area contributed by atoms with Crippen LogP contribution in [0.2, 0.25) is 0 Å². The van der Waals surface area contributed by atoms with Crippen molar-refractivity contribution in [3.8, 4) is 0 Å². The highest BCUT2D eigenvalue weighted by molar-refractivity contribution is 5.78. The first-order valence-electron chi connectivity index (χ1n) is 6.38. The highest BCUT2D eigenvalue weighted by atomic mass is 16.6. The summed E-state index contributed by atoms with van der Waals surface area (Å²) in [4.78, 5) is 28.7. The Hall–Kier alpha value is -1.30. The lowest BCUT2D eigenvalue weighted by Gasteiger charge is -2.34. The van der Waals surface area contributed by atoms with Gasteiger partial charge in [-0.05, 0) is 20.5 Å². The molecule has 0 aromatic rings. The number of ether oxygens (including phenoxy) is 1. The van der Waals surface area contributed by atoms with Gasteiger partial charge < -0.3 is 19.4 Å². The molecule has 2 amide bonds. The Kier molecular flexibility index (Phi) is 5.91. The minimum absolute atomic E-state index is 0.113. The molecule has 1 aliphatic heterocycles. The molecular formula is C12H23N3O3. The molecule has 1 rings (SSSR count). The van der Waals surface area contributed by atoms with E-state index >= 15 is 0 Å². The number of hydrogen-bond acceptors (Lipinski definition) is 4. The largest absolute Gasteiger partial charge is 0.449 e. The topological polar surface area (TPSA) is 53.1 Å². The molecule has 0 atom stereocenters. The summed E-state index contributed by atoms with van der Waals surface area (Å²) in [6.07, 6.45) is 0.559. The SMILES string of the molecule is CCCOC(=O)N1CCN(C(=O)CN(C)C)CC1. The van der Waals surface area contributed by atoms with Crippen molar-refractivity contribution < 1.29 is 14.3 Å². The Labute approximate surface area is 108 Å². The molecule has 6 heteroatoms. The zero-order valence-electron chi connectivity index (χ0n) is 11.5. The van der Waals surface area contributed by atoms with Crippen LogP contribution in [0, 0.1) is 0 Å². The Morgan fingerprint density at radius 2 is 1.67 bits per heavy atom. The summed E-state index contributed by atoms with van der Waals surface area (Å²) in [5.41, 5.74) is 0. The number of piperazine rings is 1. The summed E-state index contributed by atoms with van der Waals surface area (Å²) < 4.78 is 5.07. The molecule has 0 aromatic heterocycles. The van der Waals surface area contributed by atoms with Crippen LogP contribution in [0.5, 0.6) is 0 Å². The molecular weight excluding hydrogens is 234 g/mol. The van der Waals surface area contributed by atoms with Gasteiger partial charge in [-0.3, -0.25) is 4.79 Å². The fourth-order valence-electron chi connectivity index (χ4n) is 1.79. The summed E-state index contributed by atoms with van der Waals surface area (Å²) >= 11 is 0. The standard InChI is InChI=1S/C12H23N3O3/c1-4-9-18-12(17)15-7-5-14(6-8-15)11(16)10-13(2)3/h4-10H2,1-3H3. The average Bonchev–Trinajstić information content (AvgIpc) is 2.35. The van der Waals surface area contributed by atoms with Gasteiger partial charge in [-0.2, -0.15) is 0 Å². The number of likely N-dealkylation sites (N-methyl/N-ethyl adjacent to an activating group) is 1. The molecule has 0 N–H and O–H groups in total. The van der Waals surface area contributed by atoms with E-state index in [1.807, 2.05) is 25.9 Å². The average molecular weight is 257 g/mol. The van der Waals surface area contributed by atoms with Crippen molar-refractivity contribution >= 4 is 12.0 Å². The van der Waals surface area contributed by atoms with E-state index in [1.54, 1.807) is 9.80 Å². The fraction of sp³-hybridized carbons (Fsp3) is 0.833. The van der Waals surface area contributed by atoms with Gasteiger partial charge in [0.25, 0.3) is 0 Å². The fourth-order valence-corrected chi connectivity index (χ4v) is 1.79. The molecule has 0 aliphatic carbocycles. The number of hydrogen-bond donors (Lipinski definition) is 0. The molecule has 1 heterocycles. The normalized spacial score (nSPS) is 16.0. The Morgan fingerprint density at radius 3 is 2.17 bits per heavy atom. The van der Waals surface area contributed by atoms with Gasteiger partial charge in [0.15, 0.2) is 0 Å². The van der Waals surface area contributed by atoms with Gasteiger partial charge in [0.05, 0.1) is 13.2 Å². The van der Waals surface area contributed by atoms with Crippen LogP contribution >= 0.6 is 0 Å². The summed E-state index contributed by atoms with van der Waals surface area (Å²) in [6.45, 7) is 5.13. The number of amides is 2. The van der Waals surface area contributed by atoms with Crippen LogP contribution in [-0.4, -0.2) is 80.1 Å². The maximum absolute atomic E-state index is 11.8. The molecule has 1 fully saturated rings. The van der Waals surface area contributed by atoms with E-state index in [-0.39, 0.29) is 12.0 Å². The summed E-state index contributed by atoms with van der Waals surface area (Å²) in [6, 6.07) is 0. The maximum atomic E-state index is 11.8. The Balaban J connectivity index is 2.32. The molecule has 6 nitrogen and oxygen atoms in total. The Bertz CT molecular complexity index is 286. The monoisotopic (exact) mass is 257 g/mol. The molecule has 0 spiro atoms. The molecule has 1 aliphatic rings. The van der Waals surface area contributed by atoms with Crippen molar-refractivity contribution in [1.29, 1.82) is 0 Å². The predicted octanol–water partition coefficient (Wildman–Crippen LogP) is 0.239. The highest BCUT2D eigenvalue weighted by Crippen LogP contribution is 2.04. The van der Waals surface area contributed by atoms with Crippen LogP contribution in [-0.2, 0) is 9.53 Å². The van der Waals surface area contributed by atoms with Crippen LogP contribution in [0.3, 0.4) is 0 Å². The van der Waals surface area contributed by atoms with E-state index in [0.29, 0.717) is 39.3 Å². The van der Waals surface area contributed by atoms with Crippen molar-refractivity contribution in [3.63, 3.8) is 0 Å². The second kappa shape index (κ2) is 7.20. The van der Waals surface area contributed by atoms with Crippen molar-refractivity contribution in [2.75, 3.05) is 53.4 Å². The molecule has 104 valence electrons. The zero-order valence-corrected chi connectivity index (χ0v) is 11.5. The summed E-state index contributed by atoms with van der Waals surface area (Å²) in [5.74, 6) is 0.113. The van der Waals surface area contributed by atoms with Gasteiger partial charge in [0, 0.05) is 26.2 Å². The molecule has 0 radical (unpaired) electrons. The lowest BCUT2D eigenvalue weighted by atomic mass is 10.3. The summed E-state index contributed by atoms with van der Waals surface area (Å²) in [5, 5.41) is 0. The van der Waals surface area contributed by atoms with Gasteiger partial charge in [0.1, 0.15) is 0 Å². The maximum Gasteiger partial charge on any atom is 0.409 e. The van der Waals surface area contributed by atoms with E-state index in [9.17, 15) is 9.59 Å². The van der Waals surface area contributed by atoms with Crippen LogP contribution in [0.4, 0.5) is 4.79 Å². The van der Waals surface area contributed by atoms with E-state index in [0.717, 1.165) is 6.42 Å². The highest BCUT2D eigenvalue weighted by Gasteiger charge is 2.24. The smallest absolute Gasteiger partial charge is 0.409 e. The van der Waals surface area contributed by atoms with Crippen molar-refractivity contribution in [2.24, 2.45) is 0 Å². The third-order valence-electron chi connectivity index (χ3n) is 2.77. The minimum atomic E-state index is -0.267. The lowest BCUT2D eigenvalue weighted by Crippen LogP contribution is -2.52. The second-order valence-electron chi connectivity index (χ2n) is 4.72. The third kappa shape index (κ3) is 4.52. The predicted molar refractivity (Wildman–Crippen MR) is 68.3 cm³/mol. The van der Waals surface area contributed by atoms with Crippen LogP contribution in [0.25, 0.3) is 0 Å². The lowest BCUT2D eigenvalue weighted by molar-refractivity contribution is -0.133. The van der Waals surface area contributed by atoms with Crippen molar-refractivity contribution in [2.45, 2.75) is 13.3 Å². The molecule has 0 saturated carbocycles. The second-order valence-corrected chi connectivity index (χ2v) is 4.72. The quantitative estimate of drug-likeness (QED) is 0.724. The van der Waals surface area contributed by atoms with Crippen molar-refractivity contribution in [1.82, 2.24) is 14.7 Å². The Morgan fingerprint density at radius 1 is 1.11 bits per heavy atom. The molecule has 0 unspecified atom stereocenters.